The van der Waals surface area contributed by atoms with Crippen LogP contribution in [0.5, 0.6) is 5.75 Å². The van der Waals surface area contributed by atoms with Crippen molar-refractivity contribution >= 4 is 18.7 Å². The van der Waals surface area contributed by atoms with Gasteiger partial charge in [-0.2, -0.15) is 0 Å². The Morgan fingerprint density at radius 2 is 2.05 bits per heavy atom. The van der Waals surface area contributed by atoms with Crippen LogP contribution in [0, 0.1) is 6.92 Å². The summed E-state index contributed by atoms with van der Waals surface area (Å²) >= 11 is 3.73. The number of hydrogen-bond donors (Lipinski definition) is 2. The predicted molar refractivity (Wildman–Crippen MR) is 87.2 cm³/mol. The van der Waals surface area contributed by atoms with E-state index < -0.39 is 0 Å². The fourth-order valence-electron chi connectivity index (χ4n) is 2.07. The molecule has 2 rings (SSSR count). The second-order valence-electron chi connectivity index (χ2n) is 5.06. The van der Waals surface area contributed by atoms with Crippen molar-refractivity contribution in [3.05, 3.63) is 47.3 Å². The lowest BCUT2D eigenvalue weighted by Gasteiger charge is -2.06. The number of thiol groups is 1. The fourth-order valence-corrected chi connectivity index (χ4v) is 2.20. The van der Waals surface area contributed by atoms with Crippen molar-refractivity contribution in [3.63, 3.8) is 0 Å². The highest BCUT2D eigenvalue weighted by molar-refractivity contribution is 7.78. The van der Waals surface area contributed by atoms with Gasteiger partial charge in [-0.1, -0.05) is 18.0 Å². The minimum atomic E-state index is -0.225. The van der Waals surface area contributed by atoms with Crippen LogP contribution in [0.4, 0.5) is 0 Å². The number of aromatic nitrogens is 1. The molecule has 1 aromatic heterocycles. The van der Waals surface area contributed by atoms with Crippen LogP contribution in [0.3, 0.4) is 0 Å². The molecule has 1 N–H and O–H groups in total. The predicted octanol–water partition coefficient (Wildman–Crippen LogP) is 3.35. The molecule has 0 saturated carbocycles. The summed E-state index contributed by atoms with van der Waals surface area (Å²) in [5, 5.41) is 3.86. The SMILES string of the molecule is Cc1cc(CCCCCOc2ccc(C(=O)NS)cc2)on1. The van der Waals surface area contributed by atoms with Crippen molar-refractivity contribution in [1.29, 1.82) is 0 Å². The van der Waals surface area contributed by atoms with Gasteiger partial charge in [0.25, 0.3) is 5.91 Å². The van der Waals surface area contributed by atoms with Gasteiger partial charge >= 0.3 is 0 Å². The number of carbonyl (C=O) groups is 1. The molecule has 0 bridgehead atoms. The lowest BCUT2D eigenvalue weighted by Crippen LogP contribution is -2.12. The third-order valence-corrected chi connectivity index (χ3v) is 3.43. The summed E-state index contributed by atoms with van der Waals surface area (Å²) in [6.07, 6.45) is 4.01. The average Bonchev–Trinajstić information content (AvgIpc) is 2.96. The monoisotopic (exact) mass is 320 g/mol. The van der Waals surface area contributed by atoms with E-state index in [0.29, 0.717) is 12.2 Å². The molecule has 2 aromatic rings. The van der Waals surface area contributed by atoms with Crippen LogP contribution in [0.15, 0.2) is 34.9 Å². The number of nitrogens with zero attached hydrogens (tertiary/aromatic N) is 1. The van der Waals surface area contributed by atoms with Gasteiger partial charge in [0, 0.05) is 18.1 Å². The Hall–Kier alpha value is -1.95. The van der Waals surface area contributed by atoms with Crippen LogP contribution in [-0.4, -0.2) is 17.7 Å². The second kappa shape index (κ2) is 8.48. The molecule has 1 heterocycles. The lowest BCUT2D eigenvalue weighted by molar-refractivity contribution is 0.0985. The Balaban J connectivity index is 1.61. The molecule has 1 amide bonds. The van der Waals surface area contributed by atoms with Gasteiger partial charge in [0.2, 0.25) is 0 Å². The van der Waals surface area contributed by atoms with Crippen molar-refractivity contribution in [2.24, 2.45) is 0 Å². The van der Waals surface area contributed by atoms with Gasteiger partial charge < -0.3 is 9.26 Å². The molecule has 0 saturated heterocycles. The smallest absolute Gasteiger partial charge is 0.260 e. The molecule has 0 aliphatic heterocycles. The zero-order chi connectivity index (χ0) is 15.8. The number of rotatable bonds is 8. The highest BCUT2D eigenvalue weighted by Crippen LogP contribution is 2.13. The maximum Gasteiger partial charge on any atom is 0.260 e. The van der Waals surface area contributed by atoms with Crippen molar-refractivity contribution in [2.75, 3.05) is 6.61 Å². The molecule has 0 unspecified atom stereocenters. The van der Waals surface area contributed by atoms with Crippen molar-refractivity contribution in [1.82, 2.24) is 9.88 Å². The minimum absolute atomic E-state index is 0.225. The zero-order valence-electron chi connectivity index (χ0n) is 12.5. The Morgan fingerprint density at radius 1 is 1.27 bits per heavy atom. The molecule has 6 heteroatoms. The lowest BCUT2D eigenvalue weighted by atomic mass is 10.1. The highest BCUT2D eigenvalue weighted by atomic mass is 32.1. The Bertz CT molecular complexity index is 596. The summed E-state index contributed by atoms with van der Waals surface area (Å²) in [7, 11) is 0. The number of ether oxygens (including phenoxy) is 1. The van der Waals surface area contributed by atoms with E-state index in [1.54, 1.807) is 24.3 Å². The van der Waals surface area contributed by atoms with Crippen molar-refractivity contribution in [2.45, 2.75) is 32.6 Å². The second-order valence-corrected chi connectivity index (χ2v) is 5.28. The summed E-state index contributed by atoms with van der Waals surface area (Å²) in [5.74, 6) is 1.48. The topological polar surface area (TPSA) is 64.4 Å². The molecule has 0 fully saturated rings. The molecule has 0 radical (unpaired) electrons. The van der Waals surface area contributed by atoms with Crippen LogP contribution < -0.4 is 9.46 Å². The molecule has 22 heavy (non-hydrogen) atoms. The van der Waals surface area contributed by atoms with E-state index in [9.17, 15) is 4.79 Å². The normalized spacial score (nSPS) is 10.5. The average molecular weight is 320 g/mol. The van der Waals surface area contributed by atoms with E-state index in [2.05, 4.69) is 22.7 Å². The van der Waals surface area contributed by atoms with E-state index >= 15 is 0 Å². The van der Waals surface area contributed by atoms with Gasteiger partial charge in [-0.3, -0.25) is 9.52 Å². The molecule has 5 nitrogen and oxygen atoms in total. The zero-order valence-corrected chi connectivity index (χ0v) is 13.4. The molecule has 0 spiro atoms. The molecular formula is C16H20N2O3S. The fraction of sp³-hybridized carbons (Fsp3) is 0.375. The molecule has 118 valence electrons. The Kier molecular flexibility index (Phi) is 6.33. The number of benzene rings is 1. The first-order valence-corrected chi connectivity index (χ1v) is 7.73. The van der Waals surface area contributed by atoms with E-state index in [1.807, 2.05) is 13.0 Å². The van der Waals surface area contributed by atoms with Crippen LogP contribution in [0.1, 0.15) is 41.1 Å². The van der Waals surface area contributed by atoms with Crippen LogP contribution in [0.2, 0.25) is 0 Å². The van der Waals surface area contributed by atoms with Crippen molar-refractivity contribution < 1.29 is 14.1 Å². The quantitative estimate of drug-likeness (QED) is 0.578. The number of unbranched alkanes of at least 4 members (excludes halogenated alkanes) is 2. The molecular weight excluding hydrogens is 300 g/mol. The number of amides is 1. The van der Waals surface area contributed by atoms with Crippen molar-refractivity contribution in [3.8, 4) is 5.75 Å². The maximum absolute atomic E-state index is 11.3. The van der Waals surface area contributed by atoms with Gasteiger partial charge in [-0.25, -0.2) is 0 Å². The van der Waals surface area contributed by atoms with Gasteiger partial charge in [0.05, 0.1) is 12.3 Å². The van der Waals surface area contributed by atoms with Gasteiger partial charge in [0.15, 0.2) is 0 Å². The number of aryl methyl sites for hydroxylation is 2. The van der Waals surface area contributed by atoms with Crippen LogP contribution in [-0.2, 0) is 6.42 Å². The Morgan fingerprint density at radius 3 is 2.68 bits per heavy atom. The summed E-state index contributed by atoms with van der Waals surface area (Å²) < 4.78 is 13.1. The largest absolute Gasteiger partial charge is 0.494 e. The number of hydrogen-bond acceptors (Lipinski definition) is 5. The first-order chi connectivity index (χ1) is 10.7. The molecule has 0 aliphatic carbocycles. The molecule has 0 atom stereocenters. The first-order valence-electron chi connectivity index (χ1n) is 7.28. The standard InChI is InChI=1S/C16H20N2O3S/c1-12-11-15(21-17-12)5-3-2-4-10-20-14-8-6-13(7-9-14)16(19)18-22/h6-9,11,22H,2-5,10H2,1H3,(H,18,19). The van der Waals surface area contributed by atoms with Crippen LogP contribution >= 0.6 is 12.8 Å². The first kappa shape index (κ1) is 16.4. The summed E-state index contributed by atoms with van der Waals surface area (Å²) in [6.45, 7) is 2.58. The highest BCUT2D eigenvalue weighted by Gasteiger charge is 2.03. The van der Waals surface area contributed by atoms with E-state index in [1.165, 1.54) is 0 Å². The summed E-state index contributed by atoms with van der Waals surface area (Å²) in [6, 6.07) is 8.98. The molecule has 1 aromatic carbocycles. The third kappa shape index (κ3) is 5.11. The number of carbonyl (C=O) groups excluding carboxylic acids is 1. The van der Waals surface area contributed by atoms with Crippen LogP contribution in [0.25, 0.3) is 0 Å². The van der Waals surface area contributed by atoms with Gasteiger partial charge in [0.1, 0.15) is 11.5 Å². The van der Waals surface area contributed by atoms with Gasteiger partial charge in [-0.15, -0.1) is 0 Å². The maximum atomic E-state index is 11.3. The van der Waals surface area contributed by atoms with E-state index in [0.717, 1.165) is 42.9 Å². The molecule has 0 aliphatic rings. The number of nitrogens with one attached hydrogen (secondary N) is 1. The minimum Gasteiger partial charge on any atom is -0.494 e. The van der Waals surface area contributed by atoms with E-state index in [4.69, 9.17) is 9.26 Å². The summed E-state index contributed by atoms with van der Waals surface area (Å²) in [4.78, 5) is 11.3. The summed E-state index contributed by atoms with van der Waals surface area (Å²) in [5.41, 5.74) is 1.48. The third-order valence-electron chi connectivity index (χ3n) is 3.23. The Labute approximate surface area is 135 Å². The van der Waals surface area contributed by atoms with E-state index in [-0.39, 0.29) is 5.91 Å². The van der Waals surface area contributed by atoms with Gasteiger partial charge in [-0.05, 0) is 50.5 Å².